The third-order valence-corrected chi connectivity index (χ3v) is 4.56. The van der Waals surface area contributed by atoms with Gasteiger partial charge in [0, 0.05) is 44.5 Å². The Kier molecular flexibility index (Phi) is 6.80. The summed E-state index contributed by atoms with van der Waals surface area (Å²) >= 11 is 0. The molecule has 2 N–H and O–H groups in total. The van der Waals surface area contributed by atoms with Gasteiger partial charge >= 0.3 is 11.8 Å². The number of nitrogens with one attached hydrogen (secondary N) is 2. The monoisotopic (exact) mass is 429 g/mol. The van der Waals surface area contributed by atoms with Gasteiger partial charge in [0.15, 0.2) is 0 Å². The highest BCUT2D eigenvalue weighted by atomic mass is 16.6. The predicted octanol–water partition coefficient (Wildman–Crippen LogP) is 2.37. The largest absolute Gasteiger partial charge is 0.450 e. The van der Waals surface area contributed by atoms with E-state index < -0.39 is 11.0 Å². The first-order valence-corrected chi connectivity index (χ1v) is 9.69. The van der Waals surface area contributed by atoms with Crippen LogP contribution in [0.4, 0.5) is 33.5 Å². The van der Waals surface area contributed by atoms with E-state index in [0.29, 0.717) is 37.6 Å². The van der Waals surface area contributed by atoms with Gasteiger partial charge in [-0.25, -0.2) is 14.8 Å². The standard InChI is InChI=1S/C19H23N7O5/c1-3-31-19(28)25-10-8-24(9-11-25)18-16(26(29)30)17(20-12-21-18)23-15-6-4-14(5-7-15)22-13(2)27/h4-7,12H,3,8-11H2,1-2H3,(H,22,27)(H,20,21,23). The smallest absolute Gasteiger partial charge is 0.409 e. The Morgan fingerprint density at radius 2 is 1.77 bits per heavy atom. The van der Waals surface area contributed by atoms with Crippen molar-refractivity contribution in [2.45, 2.75) is 13.8 Å². The van der Waals surface area contributed by atoms with Gasteiger partial charge in [-0.2, -0.15) is 0 Å². The first-order valence-electron chi connectivity index (χ1n) is 9.69. The van der Waals surface area contributed by atoms with Crippen molar-refractivity contribution in [2.24, 2.45) is 0 Å². The second-order valence-corrected chi connectivity index (χ2v) is 6.71. The minimum atomic E-state index is -0.527. The van der Waals surface area contributed by atoms with Gasteiger partial charge in [-0.15, -0.1) is 0 Å². The minimum absolute atomic E-state index is 0.0510. The number of nitro groups is 1. The van der Waals surface area contributed by atoms with E-state index in [9.17, 15) is 19.7 Å². The first kappa shape index (κ1) is 21.7. The number of carbonyl (C=O) groups is 2. The normalized spacial score (nSPS) is 13.5. The molecule has 164 valence electrons. The summed E-state index contributed by atoms with van der Waals surface area (Å²) in [6.07, 6.45) is 0.859. The van der Waals surface area contributed by atoms with E-state index in [1.54, 1.807) is 41.0 Å². The average Bonchev–Trinajstić information content (AvgIpc) is 2.75. The molecule has 0 saturated carbocycles. The molecule has 31 heavy (non-hydrogen) atoms. The Morgan fingerprint density at radius 3 is 2.35 bits per heavy atom. The molecule has 0 radical (unpaired) electrons. The van der Waals surface area contributed by atoms with Gasteiger partial charge in [0.2, 0.25) is 17.5 Å². The third kappa shape index (κ3) is 5.35. The van der Waals surface area contributed by atoms with Gasteiger partial charge < -0.3 is 25.2 Å². The van der Waals surface area contributed by atoms with Crippen LogP contribution in [0.15, 0.2) is 30.6 Å². The SMILES string of the molecule is CCOC(=O)N1CCN(c2ncnc(Nc3ccc(NC(C)=O)cc3)c2[N+](=O)[O-])CC1. The van der Waals surface area contributed by atoms with Crippen molar-refractivity contribution in [3.05, 3.63) is 40.7 Å². The van der Waals surface area contributed by atoms with Crippen molar-refractivity contribution in [1.29, 1.82) is 0 Å². The van der Waals surface area contributed by atoms with E-state index in [4.69, 9.17) is 4.74 Å². The molecule has 2 heterocycles. The summed E-state index contributed by atoms with van der Waals surface area (Å²) in [4.78, 5) is 45.8. The van der Waals surface area contributed by atoms with Crippen molar-refractivity contribution in [3.63, 3.8) is 0 Å². The molecule has 1 saturated heterocycles. The molecule has 12 nitrogen and oxygen atoms in total. The Hall–Kier alpha value is -3.96. The highest BCUT2D eigenvalue weighted by Gasteiger charge is 2.30. The molecular formula is C19H23N7O5. The van der Waals surface area contributed by atoms with Gasteiger partial charge in [0.05, 0.1) is 11.5 Å². The number of hydrogen-bond acceptors (Lipinski definition) is 9. The van der Waals surface area contributed by atoms with Crippen LogP contribution in [0, 0.1) is 10.1 Å². The van der Waals surface area contributed by atoms with Crippen LogP contribution < -0.4 is 15.5 Å². The molecule has 3 rings (SSSR count). The van der Waals surface area contributed by atoms with Crippen molar-refractivity contribution >= 4 is 40.7 Å². The Labute approximate surface area is 178 Å². The fourth-order valence-electron chi connectivity index (χ4n) is 3.15. The van der Waals surface area contributed by atoms with Crippen LogP contribution in [0.25, 0.3) is 0 Å². The van der Waals surface area contributed by atoms with Gasteiger partial charge in [-0.3, -0.25) is 14.9 Å². The highest BCUT2D eigenvalue weighted by molar-refractivity contribution is 5.89. The Balaban J connectivity index is 1.78. The Bertz CT molecular complexity index is 959. The number of carbonyl (C=O) groups excluding carboxylic acids is 2. The zero-order valence-electron chi connectivity index (χ0n) is 17.2. The lowest BCUT2D eigenvalue weighted by molar-refractivity contribution is -0.383. The van der Waals surface area contributed by atoms with Crippen LogP contribution in [0.3, 0.4) is 0 Å². The van der Waals surface area contributed by atoms with Crippen LogP contribution in [0.5, 0.6) is 0 Å². The molecule has 0 bridgehead atoms. The van der Waals surface area contributed by atoms with E-state index in [-0.39, 0.29) is 29.8 Å². The summed E-state index contributed by atoms with van der Waals surface area (Å²) in [5, 5.41) is 17.4. The van der Waals surface area contributed by atoms with Gasteiger partial charge in [0.25, 0.3) is 0 Å². The zero-order chi connectivity index (χ0) is 22.4. The van der Waals surface area contributed by atoms with E-state index >= 15 is 0 Å². The maximum Gasteiger partial charge on any atom is 0.409 e. The molecule has 12 heteroatoms. The van der Waals surface area contributed by atoms with E-state index in [0.717, 1.165) is 0 Å². The minimum Gasteiger partial charge on any atom is -0.450 e. The second-order valence-electron chi connectivity index (χ2n) is 6.71. The van der Waals surface area contributed by atoms with Gasteiger partial charge in [-0.05, 0) is 31.2 Å². The molecule has 1 fully saturated rings. The summed E-state index contributed by atoms with van der Waals surface area (Å²) < 4.78 is 5.00. The quantitative estimate of drug-likeness (QED) is 0.522. The van der Waals surface area contributed by atoms with Crippen LogP contribution in [0.1, 0.15) is 13.8 Å². The summed E-state index contributed by atoms with van der Waals surface area (Å²) in [5.74, 6) is 0.0378. The van der Waals surface area contributed by atoms with E-state index in [2.05, 4.69) is 20.6 Å². The highest BCUT2D eigenvalue weighted by Crippen LogP contribution is 2.34. The number of aromatic nitrogens is 2. The van der Waals surface area contributed by atoms with Gasteiger partial charge in [0.1, 0.15) is 6.33 Å². The average molecular weight is 429 g/mol. The molecule has 2 amide bonds. The molecule has 0 spiro atoms. The maximum absolute atomic E-state index is 11.9. The second kappa shape index (κ2) is 9.69. The van der Waals surface area contributed by atoms with Crippen molar-refractivity contribution in [2.75, 3.05) is 48.3 Å². The van der Waals surface area contributed by atoms with Crippen LogP contribution >= 0.6 is 0 Å². The van der Waals surface area contributed by atoms with Gasteiger partial charge in [-0.1, -0.05) is 0 Å². The van der Waals surface area contributed by atoms with Crippen molar-refractivity contribution in [1.82, 2.24) is 14.9 Å². The van der Waals surface area contributed by atoms with E-state index in [1.807, 2.05) is 0 Å². The lowest BCUT2D eigenvalue weighted by atomic mass is 10.2. The lowest BCUT2D eigenvalue weighted by Crippen LogP contribution is -2.49. The van der Waals surface area contributed by atoms with Crippen molar-refractivity contribution in [3.8, 4) is 0 Å². The molecule has 0 aliphatic carbocycles. The number of ether oxygens (including phenoxy) is 1. The fourth-order valence-corrected chi connectivity index (χ4v) is 3.15. The zero-order valence-corrected chi connectivity index (χ0v) is 17.2. The number of rotatable bonds is 6. The molecule has 1 aromatic heterocycles. The molecule has 2 aromatic rings. The number of hydrogen-bond donors (Lipinski definition) is 2. The number of piperazine rings is 1. The summed E-state index contributed by atoms with van der Waals surface area (Å²) in [7, 11) is 0. The fraction of sp³-hybridized carbons (Fsp3) is 0.368. The molecule has 0 unspecified atom stereocenters. The first-order chi connectivity index (χ1) is 14.9. The lowest BCUT2D eigenvalue weighted by Gasteiger charge is -2.34. The number of anilines is 4. The molecule has 1 aromatic carbocycles. The number of amides is 2. The summed E-state index contributed by atoms with van der Waals surface area (Å²) in [5.41, 5.74) is 0.919. The van der Waals surface area contributed by atoms with Crippen LogP contribution in [0.2, 0.25) is 0 Å². The van der Waals surface area contributed by atoms with Crippen LogP contribution in [-0.4, -0.2) is 64.6 Å². The summed E-state index contributed by atoms with van der Waals surface area (Å²) in [6.45, 7) is 4.92. The van der Waals surface area contributed by atoms with Crippen molar-refractivity contribution < 1.29 is 19.2 Å². The topological polar surface area (TPSA) is 143 Å². The predicted molar refractivity (Wildman–Crippen MR) is 114 cm³/mol. The molecule has 1 aliphatic heterocycles. The van der Waals surface area contributed by atoms with Crippen LogP contribution in [-0.2, 0) is 9.53 Å². The summed E-state index contributed by atoms with van der Waals surface area (Å²) in [6, 6.07) is 6.70. The Morgan fingerprint density at radius 1 is 1.13 bits per heavy atom. The molecular weight excluding hydrogens is 406 g/mol. The maximum atomic E-state index is 11.9. The third-order valence-electron chi connectivity index (χ3n) is 4.56. The van der Waals surface area contributed by atoms with E-state index in [1.165, 1.54) is 13.3 Å². The molecule has 0 atom stereocenters. The number of nitrogens with zero attached hydrogens (tertiary/aromatic N) is 5. The number of benzene rings is 1. The molecule has 1 aliphatic rings.